The maximum absolute atomic E-state index is 12.3. The van der Waals surface area contributed by atoms with Crippen molar-refractivity contribution in [2.45, 2.75) is 6.61 Å². The van der Waals surface area contributed by atoms with Crippen LogP contribution in [-0.2, 0) is 4.79 Å². The Hall–Kier alpha value is -3.69. The predicted molar refractivity (Wildman–Crippen MR) is 96.9 cm³/mol. The molecule has 1 N–H and O–H groups in total. The molecular formula is C18H16F2N2O6. The number of carbonyl (C=O) groups is 1. The summed E-state index contributed by atoms with van der Waals surface area (Å²) in [5, 5.41) is 13.3. The zero-order valence-corrected chi connectivity index (χ0v) is 14.8. The number of amides is 1. The lowest BCUT2D eigenvalue weighted by atomic mass is 10.2. The van der Waals surface area contributed by atoms with Gasteiger partial charge in [-0.2, -0.15) is 8.78 Å². The van der Waals surface area contributed by atoms with Crippen LogP contribution in [0.1, 0.15) is 5.56 Å². The zero-order chi connectivity index (χ0) is 20.7. The molecule has 1 amide bonds. The molecule has 8 nitrogen and oxygen atoms in total. The first-order chi connectivity index (χ1) is 13.3. The van der Waals surface area contributed by atoms with Gasteiger partial charge in [0.25, 0.3) is 5.69 Å². The second-order valence-electron chi connectivity index (χ2n) is 5.25. The summed E-state index contributed by atoms with van der Waals surface area (Å²) in [7, 11) is 2.62. The molecule has 2 rings (SSSR count). The van der Waals surface area contributed by atoms with Crippen molar-refractivity contribution in [1.82, 2.24) is 0 Å². The van der Waals surface area contributed by atoms with E-state index < -0.39 is 17.4 Å². The standard InChI is InChI=1S/C18H16F2N2O6/c1-26-15-10-12(22(24)25)5-6-13(15)21-17(23)8-4-11-3-7-14(28-18(19)20)16(9-11)27-2/h3-10,18H,1-2H3,(H,21,23)/b8-4+. The van der Waals surface area contributed by atoms with Gasteiger partial charge in [-0.25, -0.2) is 0 Å². The van der Waals surface area contributed by atoms with Gasteiger partial charge < -0.3 is 19.5 Å². The number of halogens is 2. The number of ether oxygens (including phenoxy) is 3. The maximum Gasteiger partial charge on any atom is 0.387 e. The van der Waals surface area contributed by atoms with E-state index in [1.54, 1.807) is 0 Å². The minimum absolute atomic E-state index is 0.0832. The minimum atomic E-state index is -2.99. The van der Waals surface area contributed by atoms with Crippen molar-refractivity contribution >= 4 is 23.4 Å². The largest absolute Gasteiger partial charge is 0.494 e. The molecule has 28 heavy (non-hydrogen) atoms. The van der Waals surface area contributed by atoms with E-state index in [-0.39, 0.29) is 28.6 Å². The number of benzene rings is 2. The summed E-state index contributed by atoms with van der Waals surface area (Å²) in [4.78, 5) is 22.3. The second kappa shape index (κ2) is 9.31. The van der Waals surface area contributed by atoms with Gasteiger partial charge in [0.15, 0.2) is 11.5 Å². The van der Waals surface area contributed by atoms with Crippen LogP contribution in [-0.4, -0.2) is 31.7 Å². The van der Waals surface area contributed by atoms with Crippen molar-refractivity contribution in [3.63, 3.8) is 0 Å². The molecule has 0 aliphatic rings. The first kappa shape index (κ1) is 20.6. The smallest absolute Gasteiger partial charge is 0.387 e. The van der Waals surface area contributed by atoms with Crippen molar-refractivity contribution in [1.29, 1.82) is 0 Å². The molecule has 0 aliphatic carbocycles. The third-order valence-electron chi connectivity index (χ3n) is 3.48. The normalized spacial score (nSPS) is 10.8. The minimum Gasteiger partial charge on any atom is -0.494 e. The summed E-state index contributed by atoms with van der Waals surface area (Å²) >= 11 is 0. The highest BCUT2D eigenvalue weighted by Gasteiger charge is 2.13. The topological polar surface area (TPSA) is 99.9 Å². The van der Waals surface area contributed by atoms with Crippen molar-refractivity contribution in [3.05, 3.63) is 58.2 Å². The molecule has 10 heteroatoms. The SMILES string of the molecule is COc1cc([N+](=O)[O-])ccc1NC(=O)/C=C/c1ccc(OC(F)F)c(OC)c1. The molecule has 0 spiro atoms. The Labute approximate surface area is 158 Å². The van der Waals surface area contributed by atoms with Crippen molar-refractivity contribution in [2.24, 2.45) is 0 Å². The van der Waals surface area contributed by atoms with Crippen LogP contribution in [0.2, 0.25) is 0 Å². The van der Waals surface area contributed by atoms with Gasteiger partial charge in [0.1, 0.15) is 5.75 Å². The number of anilines is 1. The van der Waals surface area contributed by atoms with Gasteiger partial charge in [0.05, 0.1) is 30.9 Å². The van der Waals surface area contributed by atoms with E-state index >= 15 is 0 Å². The summed E-state index contributed by atoms with van der Waals surface area (Å²) in [6.07, 6.45) is 2.63. The molecule has 0 fully saturated rings. The van der Waals surface area contributed by atoms with Crippen LogP contribution in [0, 0.1) is 10.1 Å². The number of carbonyl (C=O) groups excluding carboxylic acids is 1. The van der Waals surface area contributed by atoms with E-state index in [0.717, 1.165) is 0 Å². The first-order valence-corrected chi connectivity index (χ1v) is 7.78. The number of hydrogen-bond acceptors (Lipinski definition) is 6. The Balaban J connectivity index is 2.12. The average molecular weight is 394 g/mol. The number of nitrogens with one attached hydrogen (secondary N) is 1. The van der Waals surface area contributed by atoms with Crippen LogP contribution >= 0.6 is 0 Å². The van der Waals surface area contributed by atoms with E-state index in [2.05, 4.69) is 10.1 Å². The molecule has 0 heterocycles. The van der Waals surface area contributed by atoms with Crippen LogP contribution in [0.3, 0.4) is 0 Å². The van der Waals surface area contributed by atoms with Crippen molar-refractivity contribution in [2.75, 3.05) is 19.5 Å². The first-order valence-electron chi connectivity index (χ1n) is 7.78. The summed E-state index contributed by atoms with van der Waals surface area (Å²) in [5.41, 5.74) is 0.578. The van der Waals surface area contributed by atoms with E-state index in [1.165, 1.54) is 62.8 Å². The molecule has 0 saturated heterocycles. The summed E-state index contributed by atoms with van der Waals surface area (Å²) in [6, 6.07) is 7.95. The molecule has 0 radical (unpaired) electrons. The highest BCUT2D eigenvalue weighted by Crippen LogP contribution is 2.30. The van der Waals surface area contributed by atoms with E-state index in [0.29, 0.717) is 5.56 Å². The Morgan fingerprint density at radius 3 is 2.43 bits per heavy atom. The molecule has 2 aromatic carbocycles. The summed E-state index contributed by atoms with van der Waals surface area (Å²) in [6.45, 7) is -2.99. The van der Waals surface area contributed by atoms with Gasteiger partial charge in [0, 0.05) is 12.1 Å². The van der Waals surface area contributed by atoms with Gasteiger partial charge in [0.2, 0.25) is 5.91 Å². The number of nitro groups is 1. The van der Waals surface area contributed by atoms with Gasteiger partial charge in [-0.05, 0) is 29.8 Å². The second-order valence-corrected chi connectivity index (χ2v) is 5.25. The number of hydrogen-bond donors (Lipinski definition) is 1. The predicted octanol–water partition coefficient (Wildman–Crippen LogP) is 3.87. The van der Waals surface area contributed by atoms with Crippen LogP contribution < -0.4 is 19.5 Å². The van der Waals surface area contributed by atoms with Crippen LogP contribution in [0.5, 0.6) is 17.2 Å². The Bertz CT molecular complexity index is 902. The molecule has 0 unspecified atom stereocenters. The van der Waals surface area contributed by atoms with Crippen LogP contribution in [0.25, 0.3) is 6.08 Å². The summed E-state index contributed by atoms with van der Waals surface area (Å²) in [5.74, 6) is -0.445. The molecule has 2 aromatic rings. The third kappa shape index (κ3) is 5.40. The molecule has 0 aliphatic heterocycles. The number of nitrogens with zero attached hydrogens (tertiary/aromatic N) is 1. The fourth-order valence-electron chi connectivity index (χ4n) is 2.22. The molecule has 0 atom stereocenters. The van der Waals surface area contributed by atoms with Crippen LogP contribution in [0.4, 0.5) is 20.2 Å². The fourth-order valence-corrected chi connectivity index (χ4v) is 2.22. The highest BCUT2D eigenvalue weighted by molar-refractivity contribution is 6.02. The quantitative estimate of drug-likeness (QED) is 0.415. The van der Waals surface area contributed by atoms with Crippen LogP contribution in [0.15, 0.2) is 42.5 Å². The van der Waals surface area contributed by atoms with E-state index in [1.807, 2.05) is 0 Å². The molecule has 0 aromatic heterocycles. The number of rotatable bonds is 8. The average Bonchev–Trinajstić information content (AvgIpc) is 2.66. The number of methoxy groups -OCH3 is 2. The Morgan fingerprint density at radius 1 is 1.11 bits per heavy atom. The Morgan fingerprint density at radius 2 is 1.82 bits per heavy atom. The highest BCUT2D eigenvalue weighted by atomic mass is 19.3. The third-order valence-corrected chi connectivity index (χ3v) is 3.48. The van der Waals surface area contributed by atoms with E-state index in [4.69, 9.17) is 9.47 Å². The number of non-ortho nitro benzene ring substituents is 1. The van der Waals surface area contributed by atoms with Gasteiger partial charge in [-0.3, -0.25) is 14.9 Å². The van der Waals surface area contributed by atoms with Gasteiger partial charge in [-0.1, -0.05) is 6.07 Å². The molecule has 0 bridgehead atoms. The van der Waals surface area contributed by atoms with Crippen molar-refractivity contribution < 1.29 is 32.7 Å². The monoisotopic (exact) mass is 394 g/mol. The fraction of sp³-hybridized carbons (Fsp3) is 0.167. The Kier molecular flexibility index (Phi) is 6.85. The summed E-state index contributed by atoms with van der Waals surface area (Å²) < 4.78 is 39.0. The number of alkyl halides is 2. The van der Waals surface area contributed by atoms with Crippen molar-refractivity contribution in [3.8, 4) is 17.2 Å². The number of nitro benzene ring substituents is 1. The molecular weight excluding hydrogens is 378 g/mol. The van der Waals surface area contributed by atoms with Gasteiger partial charge in [-0.15, -0.1) is 0 Å². The lowest BCUT2D eigenvalue weighted by molar-refractivity contribution is -0.384. The van der Waals surface area contributed by atoms with E-state index in [9.17, 15) is 23.7 Å². The zero-order valence-electron chi connectivity index (χ0n) is 14.8. The lowest BCUT2D eigenvalue weighted by Gasteiger charge is -2.10. The lowest BCUT2D eigenvalue weighted by Crippen LogP contribution is -2.09. The maximum atomic E-state index is 12.3. The van der Waals surface area contributed by atoms with Gasteiger partial charge >= 0.3 is 6.61 Å². The molecule has 0 saturated carbocycles. The molecule has 148 valence electrons.